The van der Waals surface area contributed by atoms with Gasteiger partial charge in [0.1, 0.15) is 11.8 Å². The Kier molecular flexibility index (Phi) is 6.59. The van der Waals surface area contributed by atoms with Gasteiger partial charge in [0.05, 0.1) is 6.20 Å². The smallest absolute Gasteiger partial charge is 0.326 e. The molecule has 1 amide bonds. The standard InChI is InChI=1S/C16H26N2O4/c1-5-6-7-11(15(20)21)18-13(19)8-9-14-17-10-12(22-14)16(2,3)4/h10-11H,5-9H2,1-4H3,(H,18,19)(H,20,21). The number of aromatic nitrogens is 1. The molecule has 6 heteroatoms. The van der Waals surface area contributed by atoms with Crippen LogP contribution in [-0.2, 0) is 21.4 Å². The molecule has 2 N–H and O–H groups in total. The number of nitrogens with one attached hydrogen (secondary N) is 1. The molecule has 1 atom stereocenters. The first-order chi connectivity index (χ1) is 10.2. The van der Waals surface area contributed by atoms with E-state index in [9.17, 15) is 9.59 Å². The summed E-state index contributed by atoms with van der Waals surface area (Å²) in [6.45, 7) is 8.05. The molecule has 0 aliphatic heterocycles. The maximum atomic E-state index is 11.9. The van der Waals surface area contributed by atoms with E-state index >= 15 is 0 Å². The lowest BCUT2D eigenvalue weighted by atomic mass is 9.94. The van der Waals surface area contributed by atoms with Crippen LogP contribution in [0.1, 0.15) is 65.0 Å². The Hall–Kier alpha value is -1.85. The second-order valence-corrected chi connectivity index (χ2v) is 6.47. The molecule has 0 fully saturated rings. The summed E-state index contributed by atoms with van der Waals surface area (Å²) in [4.78, 5) is 27.1. The molecule has 0 aliphatic carbocycles. The zero-order chi connectivity index (χ0) is 16.8. The van der Waals surface area contributed by atoms with Crippen molar-refractivity contribution in [2.24, 2.45) is 0 Å². The lowest BCUT2D eigenvalue weighted by Crippen LogP contribution is -2.40. The number of carbonyl (C=O) groups excluding carboxylic acids is 1. The highest BCUT2D eigenvalue weighted by molar-refractivity contribution is 5.83. The van der Waals surface area contributed by atoms with E-state index in [1.54, 1.807) is 6.20 Å². The number of oxazole rings is 1. The average molecular weight is 310 g/mol. The topological polar surface area (TPSA) is 92.4 Å². The zero-order valence-corrected chi connectivity index (χ0v) is 13.8. The summed E-state index contributed by atoms with van der Waals surface area (Å²) in [5.41, 5.74) is -0.123. The first-order valence-corrected chi connectivity index (χ1v) is 7.71. The Bertz CT molecular complexity index is 502. The first kappa shape index (κ1) is 18.2. The number of aliphatic carboxylic acids is 1. The van der Waals surface area contributed by atoms with Crippen LogP contribution in [0.4, 0.5) is 0 Å². The van der Waals surface area contributed by atoms with E-state index in [4.69, 9.17) is 9.52 Å². The van der Waals surface area contributed by atoms with E-state index in [1.807, 2.05) is 27.7 Å². The van der Waals surface area contributed by atoms with Gasteiger partial charge in [0.15, 0.2) is 5.89 Å². The molecule has 0 radical (unpaired) electrons. The zero-order valence-electron chi connectivity index (χ0n) is 13.8. The normalized spacial score (nSPS) is 12.9. The molecule has 124 valence electrons. The third-order valence-electron chi connectivity index (χ3n) is 3.34. The molecule has 1 aromatic heterocycles. The molecular formula is C16H26N2O4. The molecule has 0 saturated carbocycles. The number of carboxylic acid groups (broad SMARTS) is 1. The Morgan fingerprint density at radius 1 is 1.41 bits per heavy atom. The number of carboxylic acids is 1. The second-order valence-electron chi connectivity index (χ2n) is 6.47. The fraction of sp³-hybridized carbons (Fsp3) is 0.688. The van der Waals surface area contributed by atoms with Crippen molar-refractivity contribution in [1.29, 1.82) is 0 Å². The molecule has 0 aromatic carbocycles. The van der Waals surface area contributed by atoms with Crippen molar-refractivity contribution in [3.05, 3.63) is 17.8 Å². The monoisotopic (exact) mass is 310 g/mol. The molecule has 0 bridgehead atoms. The molecule has 0 saturated heterocycles. The van der Waals surface area contributed by atoms with Crippen LogP contribution in [0.2, 0.25) is 0 Å². The minimum atomic E-state index is -0.993. The van der Waals surface area contributed by atoms with Gasteiger partial charge in [0.2, 0.25) is 5.91 Å². The predicted octanol–water partition coefficient (Wildman–Crippen LogP) is 2.66. The molecule has 1 heterocycles. The third-order valence-corrected chi connectivity index (χ3v) is 3.34. The van der Waals surface area contributed by atoms with Crippen LogP contribution in [0, 0.1) is 0 Å². The predicted molar refractivity (Wildman–Crippen MR) is 82.6 cm³/mol. The molecule has 1 unspecified atom stereocenters. The van der Waals surface area contributed by atoms with Crippen LogP contribution in [0.15, 0.2) is 10.6 Å². The van der Waals surface area contributed by atoms with Crippen molar-refractivity contribution < 1.29 is 19.1 Å². The van der Waals surface area contributed by atoms with Crippen LogP contribution in [0.25, 0.3) is 0 Å². The largest absolute Gasteiger partial charge is 0.480 e. The van der Waals surface area contributed by atoms with Gasteiger partial charge < -0.3 is 14.8 Å². The van der Waals surface area contributed by atoms with Crippen molar-refractivity contribution >= 4 is 11.9 Å². The summed E-state index contributed by atoms with van der Waals surface area (Å²) in [6, 6.07) is -0.817. The van der Waals surface area contributed by atoms with Crippen molar-refractivity contribution in [3.8, 4) is 0 Å². The maximum Gasteiger partial charge on any atom is 0.326 e. The van der Waals surface area contributed by atoms with Crippen LogP contribution >= 0.6 is 0 Å². The quantitative estimate of drug-likeness (QED) is 0.770. The Morgan fingerprint density at radius 3 is 2.59 bits per heavy atom. The summed E-state index contributed by atoms with van der Waals surface area (Å²) in [6.07, 6.45) is 4.32. The van der Waals surface area contributed by atoms with E-state index in [1.165, 1.54) is 0 Å². The highest BCUT2D eigenvalue weighted by Gasteiger charge is 2.21. The average Bonchev–Trinajstić information content (AvgIpc) is 2.89. The fourth-order valence-electron chi connectivity index (χ4n) is 1.93. The summed E-state index contributed by atoms with van der Waals surface area (Å²) in [5, 5.41) is 11.6. The number of rotatable bonds is 8. The van der Waals surface area contributed by atoms with Crippen LogP contribution < -0.4 is 5.32 Å². The minimum absolute atomic E-state index is 0.123. The lowest BCUT2D eigenvalue weighted by molar-refractivity contribution is -0.142. The number of hydrogen-bond donors (Lipinski definition) is 2. The molecule has 6 nitrogen and oxygen atoms in total. The summed E-state index contributed by atoms with van der Waals surface area (Å²) in [7, 11) is 0. The van der Waals surface area contributed by atoms with Crippen molar-refractivity contribution in [2.45, 2.75) is 71.3 Å². The lowest BCUT2D eigenvalue weighted by Gasteiger charge is -2.14. The van der Waals surface area contributed by atoms with Crippen LogP contribution in [-0.4, -0.2) is 28.0 Å². The van der Waals surface area contributed by atoms with Gasteiger partial charge in [0, 0.05) is 18.3 Å². The van der Waals surface area contributed by atoms with E-state index in [-0.39, 0.29) is 17.7 Å². The van der Waals surface area contributed by atoms with Gasteiger partial charge in [-0.25, -0.2) is 9.78 Å². The second kappa shape index (κ2) is 7.96. The Morgan fingerprint density at radius 2 is 2.09 bits per heavy atom. The molecule has 22 heavy (non-hydrogen) atoms. The van der Waals surface area contributed by atoms with Gasteiger partial charge in [-0.15, -0.1) is 0 Å². The number of carbonyl (C=O) groups is 2. The van der Waals surface area contributed by atoms with Crippen molar-refractivity contribution in [2.75, 3.05) is 0 Å². The van der Waals surface area contributed by atoms with Gasteiger partial charge in [0.25, 0.3) is 0 Å². The van der Waals surface area contributed by atoms with Gasteiger partial charge in [-0.3, -0.25) is 4.79 Å². The number of hydrogen-bond acceptors (Lipinski definition) is 4. The highest BCUT2D eigenvalue weighted by atomic mass is 16.4. The van der Waals surface area contributed by atoms with Crippen LogP contribution in [0.5, 0.6) is 0 Å². The van der Waals surface area contributed by atoms with Crippen molar-refractivity contribution in [1.82, 2.24) is 10.3 Å². The number of aryl methyl sites for hydroxylation is 1. The van der Waals surface area contributed by atoms with E-state index in [0.717, 1.165) is 18.6 Å². The molecule has 0 spiro atoms. The van der Waals surface area contributed by atoms with E-state index < -0.39 is 12.0 Å². The van der Waals surface area contributed by atoms with Gasteiger partial charge in [-0.05, 0) is 6.42 Å². The number of nitrogens with zero attached hydrogens (tertiary/aromatic N) is 1. The fourth-order valence-corrected chi connectivity index (χ4v) is 1.93. The van der Waals surface area contributed by atoms with Gasteiger partial charge in [-0.2, -0.15) is 0 Å². The molecule has 1 aromatic rings. The minimum Gasteiger partial charge on any atom is -0.480 e. The van der Waals surface area contributed by atoms with Crippen LogP contribution in [0.3, 0.4) is 0 Å². The Balaban J connectivity index is 2.48. The Labute approximate surface area is 131 Å². The van der Waals surface area contributed by atoms with E-state index in [0.29, 0.717) is 18.7 Å². The summed E-state index contributed by atoms with van der Waals surface area (Å²) in [5.74, 6) is -0.0123. The van der Waals surface area contributed by atoms with Crippen molar-refractivity contribution in [3.63, 3.8) is 0 Å². The molecular weight excluding hydrogens is 284 g/mol. The number of unbranched alkanes of at least 4 members (excludes halogenated alkanes) is 1. The summed E-state index contributed by atoms with van der Waals surface area (Å²) >= 11 is 0. The number of amides is 1. The third kappa shape index (κ3) is 5.87. The highest BCUT2D eigenvalue weighted by Crippen LogP contribution is 2.22. The van der Waals surface area contributed by atoms with Gasteiger partial charge in [-0.1, -0.05) is 40.5 Å². The molecule has 1 rings (SSSR count). The molecule has 0 aliphatic rings. The first-order valence-electron chi connectivity index (χ1n) is 7.71. The summed E-state index contributed by atoms with van der Waals surface area (Å²) < 4.78 is 5.61. The maximum absolute atomic E-state index is 11.9. The van der Waals surface area contributed by atoms with E-state index in [2.05, 4.69) is 10.3 Å². The van der Waals surface area contributed by atoms with Gasteiger partial charge >= 0.3 is 5.97 Å². The SMILES string of the molecule is CCCCC(NC(=O)CCc1ncc(C(C)(C)C)o1)C(=O)O.